The summed E-state index contributed by atoms with van der Waals surface area (Å²) in [7, 11) is -5.73. The third-order valence-corrected chi connectivity index (χ3v) is 8.69. The molecule has 5 nitrogen and oxygen atoms in total. The van der Waals surface area contributed by atoms with E-state index in [0.717, 1.165) is 61.3 Å². The normalized spacial score (nSPS) is 16.4. The molecule has 0 unspecified atom stereocenters. The summed E-state index contributed by atoms with van der Waals surface area (Å²) in [4.78, 5) is 0. The minimum Gasteiger partial charge on any atom is -0.494 e. The number of hydrogen-bond acceptors (Lipinski definition) is 6. The van der Waals surface area contributed by atoms with Crippen molar-refractivity contribution in [1.82, 2.24) is 0 Å². The van der Waals surface area contributed by atoms with Crippen LogP contribution in [0.5, 0.6) is 11.5 Å². The molecule has 0 aliphatic heterocycles. The average molecular weight is 535 g/mol. The predicted octanol–water partition coefficient (Wildman–Crippen LogP) is 7.87. The molecule has 1 saturated carbocycles. The molecule has 2 aromatic rings. The van der Waals surface area contributed by atoms with Crippen LogP contribution in [0.15, 0.2) is 30.3 Å². The Balaban J connectivity index is 2.07. The van der Waals surface area contributed by atoms with Crippen molar-refractivity contribution >= 4 is 32.9 Å². The van der Waals surface area contributed by atoms with E-state index < -0.39 is 20.4 Å². The Morgan fingerprint density at radius 3 is 2.20 bits per heavy atom. The van der Waals surface area contributed by atoms with Gasteiger partial charge in [-0.05, 0) is 60.9 Å². The van der Waals surface area contributed by atoms with Gasteiger partial charge in [0.25, 0.3) is 0 Å². The van der Waals surface area contributed by atoms with Crippen LogP contribution in [0.4, 0.5) is 13.2 Å². The summed E-state index contributed by atoms with van der Waals surface area (Å²) in [5.74, 6) is 1.33. The fraction of sp³-hybridized carbons (Fsp3) is 0.600. The van der Waals surface area contributed by atoms with E-state index >= 15 is 0 Å². The highest BCUT2D eigenvalue weighted by molar-refractivity contribution is 8.05. The Morgan fingerprint density at radius 2 is 1.57 bits per heavy atom. The van der Waals surface area contributed by atoms with Gasteiger partial charge in [0.2, 0.25) is 0 Å². The highest BCUT2D eigenvalue weighted by Gasteiger charge is 2.50. The lowest BCUT2D eigenvalue weighted by atomic mass is 9.81. The second-order valence-corrected chi connectivity index (χ2v) is 11.7. The number of ether oxygens (including phenoxy) is 2. The summed E-state index contributed by atoms with van der Waals surface area (Å²) < 4.78 is 78.0. The smallest absolute Gasteiger partial charge is 0.494 e. The van der Waals surface area contributed by atoms with Crippen LogP contribution >= 0.6 is 12.0 Å². The van der Waals surface area contributed by atoms with Crippen molar-refractivity contribution < 1.29 is 34.7 Å². The maximum absolute atomic E-state index is 13.0. The summed E-state index contributed by atoms with van der Waals surface area (Å²) in [6.45, 7) is 5.24. The van der Waals surface area contributed by atoms with Crippen LogP contribution in [0.3, 0.4) is 0 Å². The van der Waals surface area contributed by atoms with Crippen LogP contribution in [0.1, 0.15) is 77.2 Å². The molecule has 0 bridgehead atoms. The monoisotopic (exact) mass is 534 g/mol. The number of benzene rings is 2. The van der Waals surface area contributed by atoms with Gasteiger partial charge in [0, 0.05) is 17.4 Å². The van der Waals surface area contributed by atoms with Gasteiger partial charge in [-0.1, -0.05) is 52.0 Å². The Labute approximate surface area is 210 Å². The van der Waals surface area contributed by atoms with Crippen molar-refractivity contribution in [2.24, 2.45) is 0 Å². The van der Waals surface area contributed by atoms with Crippen LogP contribution in [-0.4, -0.2) is 27.1 Å². The summed E-state index contributed by atoms with van der Waals surface area (Å²) in [5, 5.41) is 1.58. The topological polar surface area (TPSA) is 61.8 Å². The van der Waals surface area contributed by atoms with Gasteiger partial charge in [0.15, 0.2) is 0 Å². The van der Waals surface area contributed by atoms with Crippen LogP contribution in [0.2, 0.25) is 0 Å². The van der Waals surface area contributed by atoms with Gasteiger partial charge in [-0.3, -0.25) is 0 Å². The molecule has 0 amide bonds. The fourth-order valence-corrected chi connectivity index (χ4v) is 6.15. The van der Waals surface area contributed by atoms with Crippen molar-refractivity contribution in [2.45, 2.75) is 81.9 Å². The molecule has 0 spiro atoms. The number of alkyl halides is 3. The van der Waals surface area contributed by atoms with Crippen molar-refractivity contribution in [3.8, 4) is 11.5 Å². The van der Waals surface area contributed by atoms with E-state index in [1.54, 1.807) is 0 Å². The zero-order valence-electron chi connectivity index (χ0n) is 20.2. The molecule has 0 heterocycles. The molecule has 1 aliphatic carbocycles. The fourth-order valence-electron chi connectivity index (χ4n) is 4.24. The van der Waals surface area contributed by atoms with Crippen LogP contribution in [0, 0.1) is 0 Å². The first-order valence-electron chi connectivity index (χ1n) is 12.1. The van der Waals surface area contributed by atoms with Crippen molar-refractivity contribution in [1.29, 1.82) is 0 Å². The van der Waals surface area contributed by atoms with Crippen LogP contribution in [-0.2, 0) is 18.5 Å². The molecule has 1 fully saturated rings. The Morgan fingerprint density at radius 1 is 0.914 bits per heavy atom. The van der Waals surface area contributed by atoms with Gasteiger partial charge >= 0.3 is 15.6 Å². The van der Waals surface area contributed by atoms with Gasteiger partial charge in [-0.2, -0.15) is 25.2 Å². The zero-order valence-corrected chi connectivity index (χ0v) is 21.8. The van der Waals surface area contributed by atoms with E-state index in [0.29, 0.717) is 49.6 Å². The van der Waals surface area contributed by atoms with Crippen molar-refractivity contribution in [2.75, 3.05) is 13.2 Å². The molecule has 0 radical (unpaired) electrons. The standard InChI is InChI=1S/C25H33F3O5S2/c1-3-5-16-31-19-10-11-20-21(18-19)22(12-13-23(20)32-17-6-4-2)24(14-8-7-9-15-24)34-33-35(29,30)25(26,27)28/h10-13,18H,3-9,14-17H2,1-2H3. The Hall–Kier alpha value is -1.65. The van der Waals surface area contributed by atoms with Crippen molar-refractivity contribution in [3.05, 3.63) is 35.9 Å². The van der Waals surface area contributed by atoms with Gasteiger partial charge in [-0.15, -0.1) is 0 Å². The first-order chi connectivity index (χ1) is 16.6. The predicted molar refractivity (Wildman–Crippen MR) is 133 cm³/mol. The lowest BCUT2D eigenvalue weighted by Gasteiger charge is -2.37. The molecule has 3 rings (SSSR count). The van der Waals surface area contributed by atoms with E-state index in [1.807, 2.05) is 30.3 Å². The van der Waals surface area contributed by atoms with Gasteiger partial charge in [0.05, 0.1) is 18.0 Å². The van der Waals surface area contributed by atoms with E-state index in [1.165, 1.54) is 0 Å². The number of rotatable bonds is 12. The zero-order chi connectivity index (χ0) is 25.5. The second-order valence-electron chi connectivity index (χ2n) is 8.83. The molecule has 35 heavy (non-hydrogen) atoms. The highest BCUT2D eigenvalue weighted by Crippen LogP contribution is 2.53. The molecule has 1 aliphatic rings. The Kier molecular flexibility index (Phi) is 9.62. The molecule has 0 atom stereocenters. The quantitative estimate of drug-likeness (QED) is 0.157. The number of unbranched alkanes of at least 4 members (excludes halogenated alkanes) is 2. The van der Waals surface area contributed by atoms with Gasteiger partial charge in [0.1, 0.15) is 11.5 Å². The lowest BCUT2D eigenvalue weighted by molar-refractivity contribution is -0.0494. The van der Waals surface area contributed by atoms with Crippen LogP contribution in [0.25, 0.3) is 10.8 Å². The molecule has 2 aromatic carbocycles. The third kappa shape index (κ3) is 6.77. The average Bonchev–Trinajstić information content (AvgIpc) is 2.83. The summed E-state index contributed by atoms with van der Waals surface area (Å²) in [6, 6.07) is 9.29. The highest BCUT2D eigenvalue weighted by atomic mass is 32.3. The van der Waals surface area contributed by atoms with E-state index in [4.69, 9.17) is 9.47 Å². The lowest BCUT2D eigenvalue weighted by Crippen LogP contribution is -2.30. The summed E-state index contributed by atoms with van der Waals surface area (Å²) in [5.41, 5.74) is -4.74. The largest absolute Gasteiger partial charge is 0.524 e. The van der Waals surface area contributed by atoms with Gasteiger partial charge < -0.3 is 9.47 Å². The summed E-state index contributed by atoms with van der Waals surface area (Å²) >= 11 is 0.412. The number of fused-ring (bicyclic) bond motifs is 1. The first-order valence-corrected chi connectivity index (χ1v) is 14.3. The Bertz CT molecular complexity index is 1080. The summed E-state index contributed by atoms with van der Waals surface area (Å²) in [6.07, 6.45) is 7.19. The SMILES string of the molecule is CCCCOc1ccc2c(OCCCC)ccc(C3(SOS(=O)(=O)C(F)(F)F)CCCCC3)c2c1. The maximum atomic E-state index is 13.0. The maximum Gasteiger partial charge on any atom is 0.524 e. The van der Waals surface area contributed by atoms with Crippen LogP contribution < -0.4 is 9.47 Å². The molecular formula is C25H33F3O5S2. The van der Waals surface area contributed by atoms with E-state index in [-0.39, 0.29) is 0 Å². The van der Waals surface area contributed by atoms with Crippen molar-refractivity contribution in [3.63, 3.8) is 0 Å². The number of hydrogen-bond donors (Lipinski definition) is 0. The first kappa shape index (κ1) is 27.9. The molecule has 196 valence electrons. The second kappa shape index (κ2) is 12.1. The number of halogens is 3. The van der Waals surface area contributed by atoms with E-state index in [9.17, 15) is 21.6 Å². The molecule has 0 N–H and O–H groups in total. The molecule has 10 heteroatoms. The molecular weight excluding hydrogens is 501 g/mol. The molecule has 0 saturated heterocycles. The van der Waals surface area contributed by atoms with E-state index in [2.05, 4.69) is 17.5 Å². The minimum atomic E-state index is -5.73. The molecule has 0 aromatic heterocycles. The third-order valence-electron chi connectivity index (χ3n) is 6.19. The minimum absolute atomic E-state index is 0.412. The van der Waals surface area contributed by atoms with Gasteiger partial charge in [-0.25, -0.2) is 0 Å².